The number of ketones is 1. The van der Waals surface area contributed by atoms with Crippen molar-refractivity contribution in [3.8, 4) is 0 Å². The van der Waals surface area contributed by atoms with Crippen LogP contribution >= 0.6 is 0 Å². The highest BCUT2D eigenvalue weighted by Crippen LogP contribution is 2.70. The minimum atomic E-state index is 0.123. The molecular formula is C29H42N4O2. The van der Waals surface area contributed by atoms with Crippen molar-refractivity contribution in [3.05, 3.63) is 18.5 Å². The van der Waals surface area contributed by atoms with Gasteiger partial charge in [-0.3, -0.25) is 9.78 Å². The molecule has 0 N–H and O–H groups in total. The van der Waals surface area contributed by atoms with Gasteiger partial charge >= 0.3 is 0 Å². The standard InChI is InChI=1S/C29H42N4O2/c1-4-29-13-9-20-15-19(18-35-3)5-6-21(20)22(29)10-12-28(2)23(7-8-27(28)29)26(34)17-33-31-24-11-14-30-16-25(24)32-33/h11,14,16,19-23,27H,4-10,12-13,15,17-18H2,1-3H3. The van der Waals surface area contributed by atoms with Crippen LogP contribution in [0.2, 0.25) is 0 Å². The van der Waals surface area contributed by atoms with Crippen LogP contribution in [0.3, 0.4) is 0 Å². The molecule has 4 fully saturated rings. The van der Waals surface area contributed by atoms with E-state index in [0.717, 1.165) is 47.7 Å². The van der Waals surface area contributed by atoms with Crippen molar-refractivity contribution in [3.63, 3.8) is 0 Å². The third-order valence-electron chi connectivity index (χ3n) is 11.4. The highest BCUT2D eigenvalue weighted by Gasteiger charge is 2.64. The number of Topliss-reactive ketones (excluding diaryl/α,β-unsaturated/α-hetero) is 1. The number of ether oxygens (including phenoxy) is 1. The van der Waals surface area contributed by atoms with Crippen molar-refractivity contribution in [2.75, 3.05) is 13.7 Å². The molecule has 6 nitrogen and oxygen atoms in total. The summed E-state index contributed by atoms with van der Waals surface area (Å²) in [5.74, 6) is 4.56. The number of methoxy groups -OCH3 is 1. The fourth-order valence-electron chi connectivity index (χ4n) is 9.97. The molecule has 2 aromatic rings. The molecule has 0 saturated heterocycles. The average Bonchev–Trinajstić information content (AvgIpc) is 3.44. The minimum Gasteiger partial charge on any atom is -0.384 e. The molecule has 6 heteroatoms. The molecule has 8 unspecified atom stereocenters. The number of fused-ring (bicyclic) bond motifs is 6. The summed E-state index contributed by atoms with van der Waals surface area (Å²) < 4.78 is 5.53. The first kappa shape index (κ1) is 23.6. The second kappa shape index (κ2) is 8.93. The maximum absolute atomic E-state index is 13.7. The normalized spacial score (nSPS) is 40.8. The summed E-state index contributed by atoms with van der Waals surface area (Å²) in [6, 6.07) is 1.86. The zero-order valence-corrected chi connectivity index (χ0v) is 21.8. The molecule has 35 heavy (non-hydrogen) atoms. The number of aromatic nitrogens is 4. The van der Waals surface area contributed by atoms with Crippen LogP contribution < -0.4 is 0 Å². The Morgan fingerprint density at radius 1 is 1.11 bits per heavy atom. The van der Waals surface area contributed by atoms with Gasteiger partial charge in [-0.15, -0.1) is 0 Å². The molecule has 2 aromatic heterocycles. The number of rotatable bonds is 6. The van der Waals surface area contributed by atoms with Crippen LogP contribution in [0.25, 0.3) is 11.0 Å². The van der Waals surface area contributed by atoms with Gasteiger partial charge in [-0.2, -0.15) is 15.0 Å². The molecule has 4 saturated carbocycles. The average molecular weight is 479 g/mol. The van der Waals surface area contributed by atoms with Crippen LogP contribution in [0, 0.1) is 46.3 Å². The van der Waals surface area contributed by atoms with Crippen molar-refractivity contribution in [1.29, 1.82) is 0 Å². The van der Waals surface area contributed by atoms with Gasteiger partial charge in [0.15, 0.2) is 5.78 Å². The molecule has 8 atom stereocenters. The Bertz CT molecular complexity index is 1050. The lowest BCUT2D eigenvalue weighted by Gasteiger charge is -2.63. The summed E-state index contributed by atoms with van der Waals surface area (Å²) in [6.45, 7) is 6.15. The Morgan fingerprint density at radius 2 is 1.97 bits per heavy atom. The third kappa shape index (κ3) is 3.69. The highest BCUT2D eigenvalue weighted by molar-refractivity contribution is 5.82. The lowest BCUT2D eigenvalue weighted by Crippen LogP contribution is -2.56. The van der Waals surface area contributed by atoms with Gasteiger partial charge in [0, 0.05) is 25.8 Å². The van der Waals surface area contributed by atoms with Crippen LogP contribution in [0.15, 0.2) is 18.5 Å². The first-order chi connectivity index (χ1) is 17.0. The first-order valence-corrected chi connectivity index (χ1v) is 14.1. The van der Waals surface area contributed by atoms with E-state index in [4.69, 9.17) is 4.74 Å². The van der Waals surface area contributed by atoms with Gasteiger partial charge in [-0.05, 0) is 111 Å². The molecule has 0 radical (unpaired) electrons. The number of hydrogen-bond acceptors (Lipinski definition) is 5. The smallest absolute Gasteiger partial charge is 0.159 e. The van der Waals surface area contributed by atoms with E-state index < -0.39 is 0 Å². The van der Waals surface area contributed by atoms with E-state index in [1.807, 2.05) is 13.2 Å². The zero-order chi connectivity index (χ0) is 24.2. The van der Waals surface area contributed by atoms with Gasteiger partial charge < -0.3 is 4.74 Å². The van der Waals surface area contributed by atoms with Crippen LogP contribution in [-0.2, 0) is 16.1 Å². The monoisotopic (exact) mass is 478 g/mol. The molecule has 190 valence electrons. The van der Waals surface area contributed by atoms with Crippen LogP contribution in [0.4, 0.5) is 0 Å². The fraction of sp³-hybridized carbons (Fsp3) is 0.793. The number of carbonyl (C=O) groups excluding carboxylic acids is 1. The summed E-state index contributed by atoms with van der Waals surface area (Å²) in [4.78, 5) is 19.4. The molecular weight excluding hydrogens is 436 g/mol. The second-order valence-corrected chi connectivity index (χ2v) is 12.6. The van der Waals surface area contributed by atoms with Gasteiger partial charge in [0.05, 0.1) is 6.20 Å². The Morgan fingerprint density at radius 3 is 2.77 bits per heavy atom. The summed E-state index contributed by atoms with van der Waals surface area (Å²) in [5.41, 5.74) is 2.13. The topological polar surface area (TPSA) is 69.9 Å². The van der Waals surface area contributed by atoms with Gasteiger partial charge in [-0.25, -0.2) is 0 Å². The molecule has 6 rings (SSSR count). The highest BCUT2D eigenvalue weighted by atomic mass is 16.5. The van der Waals surface area contributed by atoms with E-state index in [0.29, 0.717) is 17.1 Å². The summed E-state index contributed by atoms with van der Waals surface area (Å²) in [6.07, 6.45) is 16.4. The molecule has 4 aliphatic rings. The van der Waals surface area contributed by atoms with Crippen LogP contribution in [0.1, 0.15) is 78.1 Å². The van der Waals surface area contributed by atoms with Gasteiger partial charge in [-0.1, -0.05) is 13.8 Å². The van der Waals surface area contributed by atoms with Crippen LogP contribution in [-0.4, -0.2) is 39.5 Å². The largest absolute Gasteiger partial charge is 0.384 e. The van der Waals surface area contributed by atoms with Crippen molar-refractivity contribution in [2.45, 2.75) is 84.6 Å². The van der Waals surface area contributed by atoms with Crippen molar-refractivity contribution in [2.24, 2.45) is 46.3 Å². The van der Waals surface area contributed by atoms with E-state index in [2.05, 4.69) is 29.0 Å². The molecule has 0 spiro atoms. The predicted octanol–water partition coefficient (Wildman–Crippen LogP) is 5.71. The number of nitrogens with zero attached hydrogens (tertiary/aromatic N) is 4. The van der Waals surface area contributed by atoms with Crippen molar-refractivity contribution in [1.82, 2.24) is 20.0 Å². The maximum Gasteiger partial charge on any atom is 0.159 e. The minimum absolute atomic E-state index is 0.123. The SMILES string of the molecule is CCC12CCC3CC(COC)CCC3C1CCC1(C)C(C(=O)Cn3nc4ccncc4n3)CCC12. The summed E-state index contributed by atoms with van der Waals surface area (Å²) in [5, 5.41) is 9.07. The number of hydrogen-bond donors (Lipinski definition) is 0. The quantitative estimate of drug-likeness (QED) is 0.532. The third-order valence-corrected chi connectivity index (χ3v) is 11.4. The zero-order valence-electron chi connectivity index (χ0n) is 21.8. The summed E-state index contributed by atoms with van der Waals surface area (Å²) >= 11 is 0. The van der Waals surface area contributed by atoms with E-state index in [1.54, 1.807) is 17.2 Å². The molecule has 0 bridgehead atoms. The summed E-state index contributed by atoms with van der Waals surface area (Å²) in [7, 11) is 1.86. The maximum atomic E-state index is 13.7. The lowest BCUT2D eigenvalue weighted by molar-refractivity contribution is -0.151. The predicted molar refractivity (Wildman–Crippen MR) is 136 cm³/mol. The first-order valence-electron chi connectivity index (χ1n) is 14.1. The molecule has 0 aromatic carbocycles. The molecule has 0 aliphatic heterocycles. The number of pyridine rings is 1. The van der Waals surface area contributed by atoms with E-state index in [9.17, 15) is 4.79 Å². The van der Waals surface area contributed by atoms with Crippen LogP contribution in [0.5, 0.6) is 0 Å². The molecule has 4 aliphatic carbocycles. The second-order valence-electron chi connectivity index (χ2n) is 12.6. The Labute approximate surface area is 209 Å². The lowest BCUT2D eigenvalue weighted by atomic mass is 9.42. The van der Waals surface area contributed by atoms with E-state index >= 15 is 0 Å². The van der Waals surface area contributed by atoms with Gasteiger partial charge in [0.1, 0.15) is 17.6 Å². The van der Waals surface area contributed by atoms with Gasteiger partial charge in [0.25, 0.3) is 0 Å². The molecule has 2 heterocycles. The van der Waals surface area contributed by atoms with Crippen molar-refractivity contribution >= 4 is 16.8 Å². The Balaban J connectivity index is 1.21. The van der Waals surface area contributed by atoms with Gasteiger partial charge in [0.2, 0.25) is 0 Å². The Kier molecular flexibility index (Phi) is 6.02. The number of carbonyl (C=O) groups is 1. The fourth-order valence-corrected chi connectivity index (χ4v) is 9.97. The molecule has 0 amide bonds. The Hall–Kier alpha value is -1.82. The van der Waals surface area contributed by atoms with Crippen molar-refractivity contribution < 1.29 is 9.53 Å². The van der Waals surface area contributed by atoms with E-state index in [-0.39, 0.29) is 17.9 Å². The van der Waals surface area contributed by atoms with E-state index in [1.165, 1.54) is 57.8 Å².